The average Bonchev–Trinajstić information content (AvgIpc) is 2.36. The fraction of sp³-hybridized carbons (Fsp3) is 0.941. The zero-order valence-electron chi connectivity index (χ0n) is 12.1. The SMILES string of the molecule is C1=[N+]2CCCC(CN1C13CC4CC(CC(C4)C1)C3)C2. The van der Waals surface area contributed by atoms with Crippen molar-refractivity contribution in [2.24, 2.45) is 23.7 Å². The molecule has 0 aromatic heterocycles. The highest BCUT2D eigenvalue weighted by molar-refractivity contribution is 5.52. The van der Waals surface area contributed by atoms with Crippen molar-refractivity contribution in [2.75, 3.05) is 19.6 Å². The number of hydrogen-bond acceptors (Lipinski definition) is 1. The Hall–Kier alpha value is -0.530. The van der Waals surface area contributed by atoms with Crippen LogP contribution in [0.4, 0.5) is 0 Å². The first kappa shape index (κ1) is 11.2. The van der Waals surface area contributed by atoms with Crippen LogP contribution in [-0.2, 0) is 0 Å². The first-order valence-corrected chi connectivity index (χ1v) is 8.65. The molecule has 104 valence electrons. The first-order chi connectivity index (χ1) is 9.29. The minimum Gasteiger partial charge on any atom is -0.268 e. The molecule has 19 heavy (non-hydrogen) atoms. The van der Waals surface area contributed by atoms with Crippen molar-refractivity contribution in [3.05, 3.63) is 0 Å². The minimum absolute atomic E-state index is 0.600. The smallest absolute Gasteiger partial charge is 0.234 e. The van der Waals surface area contributed by atoms with Gasteiger partial charge in [0, 0.05) is 5.92 Å². The summed E-state index contributed by atoms with van der Waals surface area (Å²) >= 11 is 0. The molecule has 0 spiro atoms. The monoisotopic (exact) mass is 259 g/mol. The molecular weight excluding hydrogens is 232 g/mol. The molecule has 6 bridgehead atoms. The normalized spacial score (nSPS) is 51.4. The summed E-state index contributed by atoms with van der Waals surface area (Å²) in [4.78, 5) is 2.85. The molecule has 0 radical (unpaired) electrons. The summed E-state index contributed by atoms with van der Waals surface area (Å²) < 4.78 is 2.64. The van der Waals surface area contributed by atoms with Crippen LogP contribution in [0.25, 0.3) is 0 Å². The van der Waals surface area contributed by atoms with E-state index in [2.05, 4.69) is 15.8 Å². The molecule has 2 aliphatic heterocycles. The van der Waals surface area contributed by atoms with E-state index in [1.54, 1.807) is 19.3 Å². The lowest BCUT2D eigenvalue weighted by Crippen LogP contribution is -2.63. The molecule has 6 rings (SSSR count). The summed E-state index contributed by atoms with van der Waals surface area (Å²) in [6.45, 7) is 4.05. The van der Waals surface area contributed by atoms with Gasteiger partial charge < -0.3 is 0 Å². The minimum atomic E-state index is 0.600. The highest BCUT2D eigenvalue weighted by Gasteiger charge is 2.57. The number of hydrogen-bond donors (Lipinski definition) is 0. The Bertz CT molecular complexity index is 390. The molecule has 2 nitrogen and oxygen atoms in total. The Morgan fingerprint density at radius 1 is 0.947 bits per heavy atom. The van der Waals surface area contributed by atoms with Crippen molar-refractivity contribution >= 4 is 6.34 Å². The number of rotatable bonds is 1. The predicted octanol–water partition coefficient (Wildman–Crippen LogP) is 2.72. The van der Waals surface area contributed by atoms with Gasteiger partial charge in [-0.3, -0.25) is 9.48 Å². The van der Waals surface area contributed by atoms with Crippen molar-refractivity contribution < 1.29 is 4.58 Å². The van der Waals surface area contributed by atoms with Gasteiger partial charge in [0.2, 0.25) is 6.34 Å². The Labute approximate surface area is 116 Å². The quantitative estimate of drug-likeness (QED) is 0.656. The highest BCUT2D eigenvalue weighted by atomic mass is 15.3. The zero-order valence-corrected chi connectivity index (χ0v) is 12.1. The lowest BCUT2D eigenvalue weighted by molar-refractivity contribution is -0.553. The Kier molecular flexibility index (Phi) is 2.21. The summed E-state index contributed by atoms with van der Waals surface area (Å²) in [6.07, 6.45) is 14.7. The van der Waals surface area contributed by atoms with E-state index in [4.69, 9.17) is 0 Å². The largest absolute Gasteiger partial charge is 0.268 e. The van der Waals surface area contributed by atoms with Crippen LogP contribution < -0.4 is 0 Å². The average molecular weight is 259 g/mol. The lowest BCUT2D eigenvalue weighted by Gasteiger charge is -2.58. The van der Waals surface area contributed by atoms with Crippen molar-refractivity contribution in [3.8, 4) is 0 Å². The topological polar surface area (TPSA) is 6.25 Å². The molecule has 6 aliphatic rings. The van der Waals surface area contributed by atoms with E-state index in [-0.39, 0.29) is 0 Å². The van der Waals surface area contributed by atoms with Gasteiger partial charge in [0.1, 0.15) is 5.54 Å². The molecule has 4 aliphatic carbocycles. The van der Waals surface area contributed by atoms with Crippen LogP contribution in [0.3, 0.4) is 0 Å². The molecule has 5 fully saturated rings. The van der Waals surface area contributed by atoms with Crippen LogP contribution in [0, 0.1) is 23.7 Å². The molecule has 1 saturated heterocycles. The van der Waals surface area contributed by atoms with Crippen LogP contribution >= 0.6 is 0 Å². The summed E-state index contributed by atoms with van der Waals surface area (Å²) in [6, 6.07) is 0. The standard InChI is InChI=1S/C17H27N2/c1-2-13-10-18(3-1)12-19(11-13)17-7-14-4-15(8-17)6-16(5-14)9-17/h12-16H,1-11H2/q+1. The molecule has 2 heteroatoms. The van der Waals surface area contributed by atoms with Gasteiger partial charge in [-0.15, -0.1) is 0 Å². The van der Waals surface area contributed by atoms with Crippen LogP contribution in [-0.4, -0.2) is 41.0 Å². The van der Waals surface area contributed by atoms with Crippen molar-refractivity contribution in [2.45, 2.75) is 56.9 Å². The van der Waals surface area contributed by atoms with E-state index in [9.17, 15) is 0 Å². The number of nitrogens with zero attached hydrogens (tertiary/aromatic N) is 2. The molecule has 0 aromatic rings. The summed E-state index contributed by atoms with van der Waals surface area (Å²) in [7, 11) is 0. The van der Waals surface area contributed by atoms with Crippen LogP contribution in [0.1, 0.15) is 51.4 Å². The van der Waals surface area contributed by atoms with Gasteiger partial charge in [0.05, 0.1) is 19.6 Å². The molecule has 1 unspecified atom stereocenters. The number of fused-ring (bicyclic) bond motifs is 2. The lowest BCUT2D eigenvalue weighted by atomic mass is 9.52. The van der Waals surface area contributed by atoms with E-state index < -0.39 is 0 Å². The summed E-state index contributed by atoms with van der Waals surface area (Å²) in [5.74, 6) is 4.20. The Morgan fingerprint density at radius 3 is 2.26 bits per heavy atom. The van der Waals surface area contributed by atoms with E-state index in [1.807, 2.05) is 0 Å². The van der Waals surface area contributed by atoms with Crippen LogP contribution in [0.5, 0.6) is 0 Å². The van der Waals surface area contributed by atoms with E-state index in [0.717, 1.165) is 23.7 Å². The van der Waals surface area contributed by atoms with Gasteiger partial charge in [-0.2, -0.15) is 0 Å². The van der Waals surface area contributed by atoms with Gasteiger partial charge in [-0.1, -0.05) is 0 Å². The summed E-state index contributed by atoms with van der Waals surface area (Å²) in [5.41, 5.74) is 0.600. The van der Waals surface area contributed by atoms with Gasteiger partial charge in [-0.25, -0.2) is 0 Å². The van der Waals surface area contributed by atoms with Crippen molar-refractivity contribution in [1.29, 1.82) is 0 Å². The second-order valence-electron chi connectivity index (χ2n) is 8.41. The number of piperidine rings is 1. The van der Waals surface area contributed by atoms with Gasteiger partial charge in [0.25, 0.3) is 0 Å². The van der Waals surface area contributed by atoms with Crippen LogP contribution in [0.2, 0.25) is 0 Å². The Balaban J connectivity index is 1.49. The third-order valence-corrected chi connectivity index (χ3v) is 6.92. The third-order valence-electron chi connectivity index (χ3n) is 6.92. The van der Waals surface area contributed by atoms with E-state index in [1.165, 1.54) is 51.7 Å². The second kappa shape index (κ2) is 3.77. The van der Waals surface area contributed by atoms with Gasteiger partial charge in [0.15, 0.2) is 0 Å². The highest BCUT2D eigenvalue weighted by Crippen LogP contribution is 2.57. The maximum absolute atomic E-state index is 2.85. The third kappa shape index (κ3) is 1.64. The Morgan fingerprint density at radius 2 is 1.63 bits per heavy atom. The molecular formula is C17H27N2+. The first-order valence-electron chi connectivity index (χ1n) is 8.65. The molecule has 0 aromatic carbocycles. The van der Waals surface area contributed by atoms with E-state index in [0.29, 0.717) is 5.54 Å². The maximum atomic E-state index is 2.85. The zero-order chi connectivity index (χ0) is 12.4. The molecule has 0 amide bonds. The van der Waals surface area contributed by atoms with E-state index >= 15 is 0 Å². The van der Waals surface area contributed by atoms with Gasteiger partial charge in [-0.05, 0) is 69.1 Å². The predicted molar refractivity (Wildman–Crippen MR) is 76.4 cm³/mol. The van der Waals surface area contributed by atoms with Crippen molar-refractivity contribution in [3.63, 3.8) is 0 Å². The summed E-state index contributed by atoms with van der Waals surface area (Å²) in [5, 5.41) is 0. The van der Waals surface area contributed by atoms with Crippen molar-refractivity contribution in [1.82, 2.24) is 4.90 Å². The van der Waals surface area contributed by atoms with Gasteiger partial charge >= 0.3 is 0 Å². The molecule has 0 N–H and O–H groups in total. The fourth-order valence-corrected chi connectivity index (χ4v) is 6.61. The molecule has 4 saturated carbocycles. The van der Waals surface area contributed by atoms with Crippen LogP contribution in [0.15, 0.2) is 0 Å². The molecule has 1 atom stereocenters. The second-order valence-corrected chi connectivity index (χ2v) is 8.41. The fourth-order valence-electron chi connectivity index (χ4n) is 6.61. The maximum Gasteiger partial charge on any atom is 0.234 e. The molecule has 2 heterocycles.